The van der Waals surface area contributed by atoms with E-state index in [0.29, 0.717) is 0 Å². The number of H-pyrrole nitrogens is 1. The van der Waals surface area contributed by atoms with Crippen LogP contribution in [0.15, 0.2) is 47.5 Å². The Labute approximate surface area is 188 Å². The van der Waals surface area contributed by atoms with Gasteiger partial charge in [-0.25, -0.2) is 22.9 Å². The van der Waals surface area contributed by atoms with Crippen molar-refractivity contribution in [2.75, 3.05) is 0 Å². The molecule has 0 bridgehead atoms. The van der Waals surface area contributed by atoms with Crippen molar-refractivity contribution in [3.8, 4) is 11.1 Å². The molecular weight excluding hydrogens is 459 g/mol. The number of carbonyl (C=O) groups is 1. The zero-order valence-corrected chi connectivity index (χ0v) is 18.5. The first kappa shape index (κ1) is 23.2. The Balaban J connectivity index is 1.41. The molecule has 4 rings (SSSR count). The number of aromatic amines is 1. The summed E-state index contributed by atoms with van der Waals surface area (Å²) in [5, 5.41) is 0.937. The first-order valence-corrected chi connectivity index (χ1v) is 11.9. The topological polar surface area (TPSA) is 101 Å². The normalized spacial score (nSPS) is 19.5. The number of carbonyl (C=O) groups excluding carboxylic acids is 1. The van der Waals surface area contributed by atoms with E-state index in [4.69, 9.17) is 0 Å². The van der Waals surface area contributed by atoms with Crippen molar-refractivity contribution in [1.29, 1.82) is 0 Å². The van der Waals surface area contributed by atoms with E-state index in [1.807, 2.05) is 19.1 Å². The minimum Gasteiger partial charge on any atom is -0.456 e. The highest BCUT2D eigenvalue weighted by molar-refractivity contribution is 7.89. The van der Waals surface area contributed by atoms with E-state index in [1.54, 1.807) is 18.3 Å². The van der Waals surface area contributed by atoms with Crippen LogP contribution < -0.4 is 4.72 Å². The number of hydrogen-bond acceptors (Lipinski definition) is 5. The Morgan fingerprint density at radius 1 is 1.12 bits per heavy atom. The maximum absolute atomic E-state index is 12.8. The van der Waals surface area contributed by atoms with Crippen molar-refractivity contribution in [3.63, 3.8) is 0 Å². The van der Waals surface area contributed by atoms with Gasteiger partial charge in [-0.3, -0.25) is 0 Å². The second kappa shape index (κ2) is 8.79. The molecule has 1 aliphatic carbocycles. The third-order valence-corrected chi connectivity index (χ3v) is 7.18. The van der Waals surface area contributed by atoms with E-state index in [0.717, 1.165) is 27.9 Å². The highest BCUT2D eigenvalue weighted by atomic mass is 32.2. The predicted molar refractivity (Wildman–Crippen MR) is 115 cm³/mol. The average molecular weight is 481 g/mol. The van der Waals surface area contributed by atoms with Gasteiger partial charge in [0.2, 0.25) is 10.0 Å². The van der Waals surface area contributed by atoms with Crippen LogP contribution in [-0.2, 0) is 19.6 Å². The molecule has 3 aromatic rings. The first-order chi connectivity index (χ1) is 15.5. The van der Waals surface area contributed by atoms with Crippen molar-refractivity contribution < 1.29 is 31.1 Å². The third kappa shape index (κ3) is 5.19. The van der Waals surface area contributed by atoms with Gasteiger partial charge < -0.3 is 9.72 Å². The number of aryl methyl sites for hydroxylation is 1. The standard InChI is InChI=1S/C22H22F3N3O4S/c1-13-12-19-18(10-11-26-20(19)27-13)14-2-8-17(9-3-14)33(30,31)28-15-4-6-16(7-5-15)32-21(29)22(23,24)25/h2-3,8-12,15-16,28H,4-7H2,1H3,(H,26,27). The van der Waals surface area contributed by atoms with Gasteiger partial charge in [-0.05, 0) is 68.0 Å². The lowest BCUT2D eigenvalue weighted by atomic mass is 9.94. The van der Waals surface area contributed by atoms with E-state index in [1.165, 1.54) is 12.1 Å². The molecule has 7 nitrogen and oxygen atoms in total. The summed E-state index contributed by atoms with van der Waals surface area (Å²) in [7, 11) is -3.82. The second-order valence-electron chi connectivity index (χ2n) is 8.10. The lowest BCUT2D eigenvalue weighted by molar-refractivity contribution is -0.206. The van der Waals surface area contributed by atoms with Gasteiger partial charge >= 0.3 is 12.1 Å². The Morgan fingerprint density at radius 3 is 2.42 bits per heavy atom. The molecule has 0 aliphatic heterocycles. The number of halogens is 3. The number of esters is 1. The Morgan fingerprint density at radius 2 is 1.79 bits per heavy atom. The fraction of sp³-hybridized carbons (Fsp3) is 0.364. The first-order valence-electron chi connectivity index (χ1n) is 10.4. The molecule has 11 heteroatoms. The molecule has 0 atom stereocenters. The van der Waals surface area contributed by atoms with Crippen molar-refractivity contribution >= 4 is 27.0 Å². The number of nitrogens with one attached hydrogen (secondary N) is 2. The Hall–Kier alpha value is -2.92. The number of ether oxygens (including phenoxy) is 1. The van der Waals surface area contributed by atoms with Crippen LogP contribution in [-0.4, -0.2) is 42.7 Å². The molecule has 1 aliphatic rings. The summed E-state index contributed by atoms with van der Waals surface area (Å²) >= 11 is 0. The van der Waals surface area contributed by atoms with Gasteiger partial charge in [0.15, 0.2) is 0 Å². The van der Waals surface area contributed by atoms with E-state index in [-0.39, 0.29) is 30.6 Å². The zero-order valence-electron chi connectivity index (χ0n) is 17.6. The van der Waals surface area contributed by atoms with Gasteiger partial charge in [-0.1, -0.05) is 12.1 Å². The molecule has 0 radical (unpaired) electrons. The number of fused-ring (bicyclic) bond motifs is 1. The predicted octanol–water partition coefficient (Wildman–Crippen LogP) is 4.23. The number of benzene rings is 1. The van der Waals surface area contributed by atoms with Crippen LogP contribution in [0.4, 0.5) is 13.2 Å². The molecule has 1 saturated carbocycles. The van der Waals surface area contributed by atoms with Gasteiger partial charge in [0.1, 0.15) is 11.8 Å². The number of aromatic nitrogens is 2. The quantitative estimate of drug-likeness (QED) is 0.531. The number of pyridine rings is 1. The largest absolute Gasteiger partial charge is 0.490 e. The second-order valence-corrected chi connectivity index (χ2v) is 9.81. The van der Waals surface area contributed by atoms with Crippen LogP contribution >= 0.6 is 0 Å². The highest BCUT2D eigenvalue weighted by Crippen LogP contribution is 2.30. The molecule has 2 N–H and O–H groups in total. The maximum Gasteiger partial charge on any atom is 0.490 e. The van der Waals surface area contributed by atoms with E-state index < -0.39 is 34.3 Å². The van der Waals surface area contributed by atoms with Crippen LogP contribution in [0.3, 0.4) is 0 Å². The molecule has 0 spiro atoms. The number of sulfonamides is 1. The van der Waals surface area contributed by atoms with Gasteiger partial charge in [0, 0.05) is 23.3 Å². The molecule has 0 unspecified atom stereocenters. The summed E-state index contributed by atoms with van der Waals surface area (Å²) in [6.07, 6.45) is -3.36. The number of nitrogens with zero attached hydrogens (tertiary/aromatic N) is 1. The number of rotatable bonds is 5. The molecule has 2 aromatic heterocycles. The van der Waals surface area contributed by atoms with Gasteiger partial charge in [0.05, 0.1) is 4.90 Å². The smallest absolute Gasteiger partial charge is 0.456 e. The van der Waals surface area contributed by atoms with Gasteiger partial charge in [0.25, 0.3) is 0 Å². The van der Waals surface area contributed by atoms with Crippen LogP contribution in [0.1, 0.15) is 31.4 Å². The van der Waals surface area contributed by atoms with Crippen LogP contribution in [0, 0.1) is 6.92 Å². The average Bonchev–Trinajstić information content (AvgIpc) is 3.14. The van der Waals surface area contributed by atoms with Crippen LogP contribution in [0.25, 0.3) is 22.2 Å². The summed E-state index contributed by atoms with van der Waals surface area (Å²) in [4.78, 5) is 18.5. The monoisotopic (exact) mass is 481 g/mol. The van der Waals surface area contributed by atoms with Crippen LogP contribution in [0.5, 0.6) is 0 Å². The lowest BCUT2D eigenvalue weighted by Crippen LogP contribution is -2.40. The summed E-state index contributed by atoms with van der Waals surface area (Å²) in [5.74, 6) is -2.21. The fourth-order valence-corrected chi connectivity index (χ4v) is 5.33. The Kier molecular flexibility index (Phi) is 6.19. The zero-order chi connectivity index (χ0) is 23.8. The van der Waals surface area contributed by atoms with Crippen molar-refractivity contribution in [2.45, 2.75) is 55.8 Å². The maximum atomic E-state index is 12.8. The molecule has 0 saturated heterocycles. The fourth-order valence-electron chi connectivity index (χ4n) is 4.03. The van der Waals surface area contributed by atoms with E-state index in [9.17, 15) is 26.4 Å². The molecule has 176 valence electrons. The van der Waals surface area contributed by atoms with Gasteiger partial charge in [-0.15, -0.1) is 0 Å². The summed E-state index contributed by atoms with van der Waals surface area (Å²) < 4.78 is 69.7. The SMILES string of the molecule is Cc1cc2c(-c3ccc(S(=O)(=O)NC4CCC(OC(=O)C(F)(F)F)CC4)cc3)ccnc2[nH]1. The van der Waals surface area contributed by atoms with E-state index >= 15 is 0 Å². The van der Waals surface area contributed by atoms with Crippen molar-refractivity contribution in [1.82, 2.24) is 14.7 Å². The minimum atomic E-state index is -5.04. The molecule has 0 amide bonds. The van der Waals surface area contributed by atoms with Crippen LogP contribution in [0.2, 0.25) is 0 Å². The Bertz CT molecular complexity index is 1260. The summed E-state index contributed by atoms with van der Waals surface area (Å²) in [6, 6.07) is 9.87. The van der Waals surface area contributed by atoms with E-state index in [2.05, 4.69) is 19.4 Å². The summed E-state index contributed by atoms with van der Waals surface area (Å²) in [5.41, 5.74) is 3.48. The minimum absolute atomic E-state index is 0.0902. The van der Waals surface area contributed by atoms with Crippen molar-refractivity contribution in [3.05, 3.63) is 48.3 Å². The molecule has 1 aromatic carbocycles. The molecular formula is C22H22F3N3O4S. The lowest BCUT2D eigenvalue weighted by Gasteiger charge is -2.28. The molecule has 1 fully saturated rings. The van der Waals surface area contributed by atoms with Gasteiger partial charge in [-0.2, -0.15) is 13.2 Å². The molecule has 33 heavy (non-hydrogen) atoms. The highest BCUT2D eigenvalue weighted by Gasteiger charge is 2.42. The molecule has 2 heterocycles. The van der Waals surface area contributed by atoms with Crippen molar-refractivity contribution in [2.24, 2.45) is 0 Å². The number of hydrogen-bond donors (Lipinski definition) is 2. The summed E-state index contributed by atoms with van der Waals surface area (Å²) in [6.45, 7) is 1.93. The number of alkyl halides is 3. The third-order valence-electron chi connectivity index (χ3n) is 5.64.